The summed E-state index contributed by atoms with van der Waals surface area (Å²) in [4.78, 5) is 11.5. The molecular formula is C25H24O4. The zero-order valence-corrected chi connectivity index (χ0v) is 16.2. The lowest BCUT2D eigenvalue weighted by Gasteiger charge is -2.08. The van der Waals surface area contributed by atoms with Crippen LogP contribution in [0.4, 0.5) is 0 Å². The van der Waals surface area contributed by atoms with Crippen molar-refractivity contribution >= 4 is 12.0 Å². The molecule has 0 atom stereocenters. The van der Waals surface area contributed by atoms with E-state index in [2.05, 4.69) is 12.1 Å². The molecule has 29 heavy (non-hydrogen) atoms. The van der Waals surface area contributed by atoms with Gasteiger partial charge in [-0.3, -0.25) is 0 Å². The Bertz CT molecular complexity index is 916. The lowest BCUT2D eigenvalue weighted by Crippen LogP contribution is -2.06. The fourth-order valence-electron chi connectivity index (χ4n) is 2.82. The van der Waals surface area contributed by atoms with Gasteiger partial charge in [0.2, 0.25) is 5.76 Å². The number of aryl methyl sites for hydroxylation is 1. The van der Waals surface area contributed by atoms with E-state index in [9.17, 15) is 9.90 Å². The van der Waals surface area contributed by atoms with Gasteiger partial charge in [0.1, 0.15) is 12.4 Å². The van der Waals surface area contributed by atoms with Crippen LogP contribution in [0.3, 0.4) is 0 Å². The Morgan fingerprint density at radius 3 is 2.07 bits per heavy atom. The molecule has 148 valence electrons. The Balaban J connectivity index is 1.52. The van der Waals surface area contributed by atoms with Crippen LogP contribution in [0, 0.1) is 0 Å². The van der Waals surface area contributed by atoms with Crippen molar-refractivity contribution in [2.75, 3.05) is 6.61 Å². The molecule has 0 heterocycles. The van der Waals surface area contributed by atoms with Gasteiger partial charge >= 0.3 is 5.97 Å². The van der Waals surface area contributed by atoms with E-state index in [0.717, 1.165) is 29.7 Å². The molecule has 3 rings (SSSR count). The number of aliphatic carboxylic acids is 1. The van der Waals surface area contributed by atoms with Crippen LogP contribution in [0.25, 0.3) is 6.08 Å². The van der Waals surface area contributed by atoms with E-state index in [1.807, 2.05) is 72.8 Å². The summed E-state index contributed by atoms with van der Waals surface area (Å²) in [5.74, 6) is -0.406. The number of carboxylic acid groups (broad SMARTS) is 1. The number of hydrogen-bond donors (Lipinski definition) is 1. The molecule has 0 aromatic heterocycles. The first kappa shape index (κ1) is 20.2. The Labute approximate surface area is 171 Å². The molecule has 3 aromatic carbocycles. The lowest BCUT2D eigenvalue weighted by atomic mass is 10.1. The Hall–Kier alpha value is -3.53. The van der Waals surface area contributed by atoms with Gasteiger partial charge < -0.3 is 14.6 Å². The molecule has 4 nitrogen and oxygen atoms in total. The van der Waals surface area contributed by atoms with Gasteiger partial charge in [-0.05, 0) is 47.7 Å². The zero-order valence-electron chi connectivity index (χ0n) is 16.2. The number of benzene rings is 3. The summed E-state index contributed by atoms with van der Waals surface area (Å²) in [6.45, 7) is 0.840. The van der Waals surface area contributed by atoms with Crippen molar-refractivity contribution in [3.05, 3.63) is 107 Å². The smallest absolute Gasteiger partial charge is 0.371 e. The van der Waals surface area contributed by atoms with Crippen molar-refractivity contribution in [2.45, 2.75) is 19.4 Å². The van der Waals surface area contributed by atoms with Gasteiger partial charge in [0.05, 0.1) is 6.61 Å². The first-order valence-corrected chi connectivity index (χ1v) is 9.59. The van der Waals surface area contributed by atoms with Crippen molar-refractivity contribution in [1.82, 2.24) is 0 Å². The highest BCUT2D eigenvalue weighted by Gasteiger charge is 2.09. The maximum Gasteiger partial charge on any atom is 0.371 e. The van der Waals surface area contributed by atoms with Gasteiger partial charge in [0.15, 0.2) is 0 Å². The largest absolute Gasteiger partial charge is 0.489 e. The second-order valence-corrected chi connectivity index (χ2v) is 6.59. The predicted molar refractivity (Wildman–Crippen MR) is 114 cm³/mol. The lowest BCUT2D eigenvalue weighted by molar-refractivity contribution is -0.136. The normalized spacial score (nSPS) is 11.1. The molecular weight excluding hydrogens is 364 g/mol. The highest BCUT2D eigenvalue weighted by Crippen LogP contribution is 2.17. The van der Waals surface area contributed by atoms with Gasteiger partial charge in [0.25, 0.3) is 0 Å². The highest BCUT2D eigenvalue weighted by molar-refractivity contribution is 5.89. The molecule has 0 radical (unpaired) electrons. The minimum Gasteiger partial charge on any atom is -0.489 e. The van der Waals surface area contributed by atoms with Crippen LogP contribution in [0.15, 0.2) is 90.7 Å². The first-order valence-electron chi connectivity index (χ1n) is 9.59. The van der Waals surface area contributed by atoms with Crippen LogP contribution in [0.5, 0.6) is 5.75 Å². The molecule has 0 bridgehead atoms. The molecule has 0 aliphatic carbocycles. The maximum absolute atomic E-state index is 11.5. The topological polar surface area (TPSA) is 55.8 Å². The number of rotatable bonds is 10. The summed E-state index contributed by atoms with van der Waals surface area (Å²) >= 11 is 0. The van der Waals surface area contributed by atoms with Gasteiger partial charge in [0, 0.05) is 0 Å². The Morgan fingerprint density at radius 1 is 0.828 bits per heavy atom. The summed E-state index contributed by atoms with van der Waals surface area (Å²) in [7, 11) is 0. The molecule has 1 N–H and O–H groups in total. The van der Waals surface area contributed by atoms with E-state index in [4.69, 9.17) is 9.47 Å². The molecule has 0 amide bonds. The summed E-state index contributed by atoms with van der Waals surface area (Å²) in [6.07, 6.45) is 3.13. The molecule has 0 spiro atoms. The average Bonchev–Trinajstić information content (AvgIpc) is 2.76. The molecule has 0 fully saturated rings. The standard InChI is InChI=1S/C25H24O4/c26-25(27)24(28-17-7-12-20-8-3-1-4-9-20)18-21-13-15-23(16-14-21)29-19-22-10-5-2-6-11-22/h1-6,8-11,13-16,18H,7,12,17,19H2,(H,26,27)/b24-18-. The minimum absolute atomic E-state index is 0.0592. The van der Waals surface area contributed by atoms with Crippen molar-refractivity contribution in [1.29, 1.82) is 0 Å². The van der Waals surface area contributed by atoms with E-state index in [-0.39, 0.29) is 5.76 Å². The number of hydrogen-bond acceptors (Lipinski definition) is 3. The van der Waals surface area contributed by atoms with Crippen LogP contribution >= 0.6 is 0 Å². The fraction of sp³-hybridized carbons (Fsp3) is 0.160. The molecule has 0 aliphatic rings. The minimum atomic E-state index is -1.07. The monoisotopic (exact) mass is 388 g/mol. The molecule has 4 heteroatoms. The predicted octanol–water partition coefficient (Wildman–Crippen LogP) is 5.34. The molecule has 3 aromatic rings. The SMILES string of the molecule is O=C(O)/C(=C/c1ccc(OCc2ccccc2)cc1)OCCCc1ccccc1. The third kappa shape index (κ3) is 6.85. The number of carbonyl (C=O) groups is 1. The van der Waals surface area contributed by atoms with E-state index < -0.39 is 5.97 Å². The number of ether oxygens (including phenoxy) is 2. The summed E-state index contributed by atoms with van der Waals surface area (Å²) in [5, 5.41) is 9.40. The summed E-state index contributed by atoms with van der Waals surface area (Å²) in [6, 6.07) is 27.3. The van der Waals surface area contributed by atoms with Crippen molar-refractivity contribution < 1.29 is 19.4 Å². The molecule has 0 saturated heterocycles. The van der Waals surface area contributed by atoms with Gasteiger partial charge in [-0.25, -0.2) is 4.79 Å². The zero-order chi connectivity index (χ0) is 20.3. The highest BCUT2D eigenvalue weighted by atomic mass is 16.5. The maximum atomic E-state index is 11.5. The Morgan fingerprint density at radius 2 is 1.45 bits per heavy atom. The van der Waals surface area contributed by atoms with E-state index in [1.165, 1.54) is 11.6 Å². The third-order valence-electron chi connectivity index (χ3n) is 4.35. The van der Waals surface area contributed by atoms with Crippen LogP contribution in [-0.2, 0) is 22.6 Å². The number of carboxylic acids is 1. The second kappa shape index (κ2) is 10.7. The fourth-order valence-corrected chi connectivity index (χ4v) is 2.82. The van der Waals surface area contributed by atoms with E-state index in [1.54, 1.807) is 0 Å². The molecule has 0 saturated carbocycles. The van der Waals surface area contributed by atoms with Crippen LogP contribution in [-0.4, -0.2) is 17.7 Å². The van der Waals surface area contributed by atoms with Crippen LogP contribution < -0.4 is 4.74 Å². The third-order valence-corrected chi connectivity index (χ3v) is 4.35. The first-order chi connectivity index (χ1) is 14.2. The van der Waals surface area contributed by atoms with Crippen LogP contribution in [0.1, 0.15) is 23.1 Å². The Kier molecular flexibility index (Phi) is 7.47. The van der Waals surface area contributed by atoms with E-state index >= 15 is 0 Å². The van der Waals surface area contributed by atoms with Crippen molar-refractivity contribution in [2.24, 2.45) is 0 Å². The molecule has 0 unspecified atom stereocenters. The average molecular weight is 388 g/mol. The van der Waals surface area contributed by atoms with Crippen molar-refractivity contribution in [3.8, 4) is 5.75 Å². The van der Waals surface area contributed by atoms with E-state index in [0.29, 0.717) is 13.2 Å². The van der Waals surface area contributed by atoms with Gasteiger partial charge in [-0.2, -0.15) is 0 Å². The van der Waals surface area contributed by atoms with Gasteiger partial charge in [-0.15, -0.1) is 0 Å². The molecule has 0 aliphatic heterocycles. The van der Waals surface area contributed by atoms with Crippen molar-refractivity contribution in [3.63, 3.8) is 0 Å². The van der Waals surface area contributed by atoms with Crippen LogP contribution in [0.2, 0.25) is 0 Å². The summed E-state index contributed by atoms with van der Waals surface area (Å²) < 4.78 is 11.2. The van der Waals surface area contributed by atoms with Gasteiger partial charge in [-0.1, -0.05) is 72.8 Å². The summed E-state index contributed by atoms with van der Waals surface area (Å²) in [5.41, 5.74) is 3.05. The second-order valence-electron chi connectivity index (χ2n) is 6.59. The quantitative estimate of drug-likeness (QED) is 0.289.